The van der Waals surface area contributed by atoms with Gasteiger partial charge >= 0.3 is 12.2 Å². The highest BCUT2D eigenvalue weighted by molar-refractivity contribution is 6.73. The van der Waals surface area contributed by atoms with Gasteiger partial charge in [0.15, 0.2) is 28.0 Å². The summed E-state index contributed by atoms with van der Waals surface area (Å²) in [6, 6.07) is 2.38. The molecule has 2 aliphatic rings. The molecule has 2 N–H and O–H groups in total. The van der Waals surface area contributed by atoms with E-state index >= 15 is 0 Å². The Bertz CT molecular complexity index is 1270. The molecule has 2 aliphatic carbocycles. The summed E-state index contributed by atoms with van der Waals surface area (Å²) in [5.41, 5.74) is -1.46. The van der Waals surface area contributed by atoms with Gasteiger partial charge in [-0.3, -0.25) is 5.32 Å². The summed E-state index contributed by atoms with van der Waals surface area (Å²) >= 11 is 0. The Morgan fingerprint density at radius 1 is 1.10 bits per heavy atom. The summed E-state index contributed by atoms with van der Waals surface area (Å²) in [4.78, 5) is 25.8. The zero-order chi connectivity index (χ0) is 31.8. The highest BCUT2D eigenvalue weighted by atomic mass is 28.4. The van der Waals surface area contributed by atoms with Crippen molar-refractivity contribution in [2.75, 3.05) is 13.7 Å². The van der Waals surface area contributed by atoms with Crippen molar-refractivity contribution in [3.63, 3.8) is 0 Å². The van der Waals surface area contributed by atoms with E-state index in [1.54, 1.807) is 45.1 Å². The molecule has 0 saturated heterocycles. The topological polar surface area (TPSA) is 113 Å². The lowest BCUT2D eigenvalue weighted by molar-refractivity contribution is 0.00609. The number of aliphatic hydroxyl groups excluding tert-OH is 1. The van der Waals surface area contributed by atoms with Crippen LogP contribution in [0.2, 0.25) is 37.8 Å². The van der Waals surface area contributed by atoms with Crippen LogP contribution in [0.1, 0.15) is 41.5 Å². The summed E-state index contributed by atoms with van der Waals surface area (Å²) in [6.07, 6.45) is 3.68. The Kier molecular flexibility index (Phi) is 12.0. The third-order valence-electron chi connectivity index (χ3n) is 6.60. The van der Waals surface area contributed by atoms with Crippen molar-refractivity contribution >= 4 is 28.9 Å². The Morgan fingerprint density at radius 3 is 2.24 bits per heavy atom. The first-order chi connectivity index (χ1) is 19.6. The predicted molar refractivity (Wildman–Crippen MR) is 167 cm³/mol. The van der Waals surface area contributed by atoms with E-state index in [9.17, 15) is 14.7 Å². The van der Waals surface area contributed by atoms with E-state index < -0.39 is 46.2 Å². The van der Waals surface area contributed by atoms with Gasteiger partial charge in [-0.05, 0) is 70.7 Å². The van der Waals surface area contributed by atoms with E-state index in [4.69, 9.17) is 23.1 Å². The van der Waals surface area contributed by atoms with E-state index in [1.165, 1.54) is 7.11 Å². The van der Waals surface area contributed by atoms with Crippen LogP contribution in [-0.2, 0) is 23.1 Å². The van der Waals surface area contributed by atoms with E-state index in [1.807, 2.05) is 19.6 Å². The number of carbonyl (C=O) groups is 2. The molecular weight excluding hydrogens is 571 g/mol. The lowest BCUT2D eigenvalue weighted by Crippen LogP contribution is -2.50. The minimum atomic E-state index is -2.44. The van der Waals surface area contributed by atoms with Crippen LogP contribution in [0.25, 0.3) is 0 Å². The molecule has 0 heterocycles. The van der Waals surface area contributed by atoms with Crippen LogP contribution in [0, 0.1) is 23.7 Å². The second-order valence-corrected chi connectivity index (χ2v) is 21.0. The molecule has 2 rings (SSSR count). The molecule has 2 bridgehead atoms. The van der Waals surface area contributed by atoms with Crippen LogP contribution in [0.5, 0.6) is 0 Å². The average Bonchev–Trinajstić information content (AvgIpc) is 2.89. The Hall–Kier alpha value is -3.07. The summed E-state index contributed by atoms with van der Waals surface area (Å²) < 4.78 is 29.9. The van der Waals surface area contributed by atoms with Crippen molar-refractivity contribution in [3.8, 4) is 23.7 Å². The van der Waals surface area contributed by atoms with Crippen LogP contribution in [0.4, 0.5) is 9.59 Å². The van der Waals surface area contributed by atoms with Gasteiger partial charge in [-0.1, -0.05) is 50.5 Å². The number of fused-ring (bicyclic) bond motifs is 2. The van der Waals surface area contributed by atoms with Crippen molar-refractivity contribution in [2.45, 2.75) is 96.6 Å². The third kappa shape index (κ3) is 9.22. The molecule has 0 aromatic heterocycles. The second-order valence-electron chi connectivity index (χ2n) is 11.9. The molecule has 0 unspecified atom stereocenters. The molecule has 11 heteroatoms. The fourth-order valence-electron chi connectivity index (χ4n) is 4.54. The van der Waals surface area contributed by atoms with Gasteiger partial charge in [0.1, 0.15) is 11.7 Å². The minimum absolute atomic E-state index is 0.0595. The molecule has 0 saturated carbocycles. The number of aliphatic hydroxyl groups is 1. The van der Waals surface area contributed by atoms with E-state index in [0.717, 1.165) is 18.1 Å². The van der Waals surface area contributed by atoms with Gasteiger partial charge < -0.3 is 28.2 Å². The number of hydrogen-bond donors (Lipinski definition) is 2. The first-order valence-corrected chi connectivity index (χ1v) is 20.1. The molecule has 0 radical (unpaired) electrons. The van der Waals surface area contributed by atoms with Crippen molar-refractivity contribution in [1.29, 1.82) is 0 Å². The second kappa shape index (κ2) is 14.4. The van der Waals surface area contributed by atoms with Gasteiger partial charge in [-0.25, -0.2) is 9.59 Å². The fraction of sp³-hybridized carbons (Fsp3) is 0.548. The number of carbonyl (C=O) groups excluding carboxylic acids is 2. The lowest BCUT2D eigenvalue weighted by Gasteiger charge is -2.43. The Labute approximate surface area is 252 Å². The van der Waals surface area contributed by atoms with Crippen LogP contribution in [0.15, 0.2) is 46.9 Å². The normalized spacial score (nSPS) is 22.1. The van der Waals surface area contributed by atoms with Crippen molar-refractivity contribution in [1.82, 2.24) is 5.32 Å². The van der Waals surface area contributed by atoms with Crippen LogP contribution >= 0.6 is 0 Å². The molecule has 42 heavy (non-hydrogen) atoms. The molecule has 230 valence electrons. The van der Waals surface area contributed by atoms with Gasteiger partial charge in [0.05, 0.1) is 19.4 Å². The minimum Gasteiger partial charge on any atom is -0.453 e. The van der Waals surface area contributed by atoms with Gasteiger partial charge in [0, 0.05) is 17.2 Å². The van der Waals surface area contributed by atoms with Crippen molar-refractivity contribution in [3.05, 3.63) is 46.9 Å². The van der Waals surface area contributed by atoms with E-state index in [2.05, 4.69) is 49.8 Å². The van der Waals surface area contributed by atoms with Crippen molar-refractivity contribution < 1.29 is 37.8 Å². The number of hydrogen-bond acceptors (Lipinski definition) is 8. The number of ether oxygens (including phenoxy) is 3. The van der Waals surface area contributed by atoms with Crippen LogP contribution in [0.3, 0.4) is 0 Å². The molecule has 9 nitrogen and oxygen atoms in total. The first-order valence-electron chi connectivity index (χ1n) is 14.2. The lowest BCUT2D eigenvalue weighted by atomic mass is 9.79. The molecule has 1 amide bonds. The predicted octanol–water partition coefficient (Wildman–Crippen LogP) is 5.92. The maximum atomic E-state index is 13.1. The molecule has 0 spiro atoms. The molecule has 0 aliphatic heterocycles. The zero-order valence-corrected chi connectivity index (χ0v) is 28.5. The quantitative estimate of drug-likeness (QED) is 0.177. The smallest absolute Gasteiger partial charge is 0.453 e. The average molecular weight is 616 g/mol. The largest absolute Gasteiger partial charge is 0.514 e. The number of rotatable bonds is 10. The highest BCUT2D eigenvalue weighted by Crippen LogP contribution is 2.44. The van der Waals surface area contributed by atoms with Gasteiger partial charge in [0.25, 0.3) is 0 Å². The maximum Gasteiger partial charge on any atom is 0.514 e. The monoisotopic (exact) mass is 615 g/mol. The van der Waals surface area contributed by atoms with Gasteiger partial charge in [-0.2, -0.15) is 0 Å². The molecular formula is C31H45NO8Si2. The summed E-state index contributed by atoms with van der Waals surface area (Å²) in [6.45, 7) is 17.1. The Morgan fingerprint density at radius 2 is 1.71 bits per heavy atom. The molecule has 0 aromatic rings. The van der Waals surface area contributed by atoms with E-state index in [-0.39, 0.29) is 18.1 Å². The maximum absolute atomic E-state index is 13.1. The summed E-state index contributed by atoms with van der Waals surface area (Å²) in [5, 5.41) is 13.0. The third-order valence-corrected chi connectivity index (χ3v) is 12.2. The number of allylic oxidation sites excluding steroid dienone is 2. The van der Waals surface area contributed by atoms with Gasteiger partial charge in [-0.15, -0.1) is 0 Å². The highest BCUT2D eigenvalue weighted by Gasteiger charge is 2.49. The Balaban J connectivity index is 3.11. The van der Waals surface area contributed by atoms with Crippen molar-refractivity contribution in [2.24, 2.45) is 0 Å². The SMILES string of the molecule is CC[Si](CC)(CC)O[C@@]12C#C/C=C\C#C[C@H](O[Si](C)(C)C)C(=C(NC(=O)OC)C(OC(=O)OC(C)(C)C)=C1)/C2=C\CO. The zero-order valence-electron chi connectivity index (χ0n) is 26.5. The first kappa shape index (κ1) is 35.1. The van der Waals surface area contributed by atoms with Crippen LogP contribution < -0.4 is 5.32 Å². The number of alkyl carbamates (subject to hydrolysis) is 1. The molecule has 0 aromatic carbocycles. The fourth-order valence-corrected chi connectivity index (χ4v) is 8.26. The van der Waals surface area contributed by atoms with Crippen LogP contribution in [-0.4, -0.2) is 65.0 Å². The number of amides is 1. The number of methoxy groups -OCH3 is 1. The van der Waals surface area contributed by atoms with E-state index in [0.29, 0.717) is 11.1 Å². The summed E-state index contributed by atoms with van der Waals surface area (Å²) in [5.74, 6) is 12.3. The number of nitrogens with one attached hydrogen (secondary N) is 1. The van der Waals surface area contributed by atoms with Gasteiger partial charge in [0.2, 0.25) is 0 Å². The molecule has 2 atom stereocenters. The summed E-state index contributed by atoms with van der Waals surface area (Å²) in [7, 11) is -3.50. The standard InChI is InChI=1S/C31H45NO8Si2/c1-11-42(12-2,13-3)40-31-20-17-15-14-16-18-24(39-41(8,9)10)26(23(31)19-21-33)27(32-28(34)36-7)25(22-31)37-29(35)38-30(4,5)6/h14-15,19,22,24,33H,11-13,21H2,1-10H3,(H,32,34)/b15-14-,23-19+/t24-,31-/m0/s1. The molecule has 0 fully saturated rings.